The number of pyridine rings is 1. The minimum atomic E-state index is -3.64. The summed E-state index contributed by atoms with van der Waals surface area (Å²) in [4.78, 5) is 8.96. The van der Waals surface area contributed by atoms with Gasteiger partial charge in [-0.25, -0.2) is 17.8 Å². The van der Waals surface area contributed by atoms with E-state index in [1.165, 1.54) is 17.7 Å². The van der Waals surface area contributed by atoms with Crippen molar-refractivity contribution < 1.29 is 8.42 Å². The lowest BCUT2D eigenvalue weighted by Crippen LogP contribution is -2.13. The Kier molecular flexibility index (Phi) is 4.39. The number of thiophene rings is 1. The Labute approximate surface area is 138 Å². The molecule has 0 aliphatic rings. The molecule has 1 N–H and O–H groups in total. The highest BCUT2D eigenvalue weighted by molar-refractivity contribution is 7.94. The van der Waals surface area contributed by atoms with Crippen molar-refractivity contribution >= 4 is 27.3 Å². The summed E-state index contributed by atoms with van der Waals surface area (Å²) in [7, 11) is -3.64. The molecule has 0 spiro atoms. The maximum Gasteiger partial charge on any atom is 0.273 e. The first-order chi connectivity index (χ1) is 11.1. The molecule has 0 bridgehead atoms. The van der Waals surface area contributed by atoms with Crippen LogP contribution >= 0.6 is 11.3 Å². The Morgan fingerprint density at radius 2 is 2.00 bits per heavy atom. The lowest BCUT2D eigenvalue weighted by Gasteiger charge is -2.02. The van der Waals surface area contributed by atoms with Gasteiger partial charge in [0.25, 0.3) is 16.0 Å². The number of anilines is 1. The van der Waals surface area contributed by atoms with Crippen LogP contribution in [0.5, 0.6) is 0 Å². The summed E-state index contributed by atoms with van der Waals surface area (Å²) in [6.45, 7) is 2.48. The van der Waals surface area contributed by atoms with E-state index in [1.807, 2.05) is 25.1 Å². The van der Waals surface area contributed by atoms with E-state index in [-0.39, 0.29) is 10.2 Å². The molecule has 0 aromatic carbocycles. The summed E-state index contributed by atoms with van der Waals surface area (Å²) in [5.74, 6) is 0.0607. The molecule has 3 aromatic rings. The van der Waals surface area contributed by atoms with Crippen molar-refractivity contribution in [2.75, 3.05) is 4.72 Å². The van der Waals surface area contributed by atoms with Crippen molar-refractivity contribution in [1.29, 1.82) is 0 Å². The molecule has 23 heavy (non-hydrogen) atoms. The first kappa shape index (κ1) is 15.6. The van der Waals surface area contributed by atoms with Crippen LogP contribution in [0, 0.1) is 0 Å². The largest absolute Gasteiger partial charge is 0.273 e. The molecule has 9 heteroatoms. The molecule has 0 radical (unpaired) electrons. The molecule has 3 aromatic heterocycles. The molecule has 0 saturated carbocycles. The van der Waals surface area contributed by atoms with Crippen molar-refractivity contribution in [1.82, 2.24) is 19.7 Å². The summed E-state index contributed by atoms with van der Waals surface area (Å²) >= 11 is 1.25. The van der Waals surface area contributed by atoms with Gasteiger partial charge in [0.05, 0.1) is 6.54 Å². The zero-order valence-electron chi connectivity index (χ0n) is 12.4. The van der Waals surface area contributed by atoms with E-state index in [0.29, 0.717) is 6.54 Å². The summed E-state index contributed by atoms with van der Waals surface area (Å²) in [5.41, 5.74) is 1.00. The highest BCUT2D eigenvalue weighted by Gasteiger charge is 2.18. The van der Waals surface area contributed by atoms with Crippen molar-refractivity contribution in [2.45, 2.75) is 24.1 Å². The Hall–Kier alpha value is -2.26. The Morgan fingerprint density at radius 1 is 1.22 bits per heavy atom. The average molecular weight is 349 g/mol. The normalized spacial score (nSPS) is 11.5. The lowest BCUT2D eigenvalue weighted by atomic mass is 10.3. The van der Waals surface area contributed by atoms with Gasteiger partial charge in [-0.05, 0) is 36.2 Å². The van der Waals surface area contributed by atoms with E-state index < -0.39 is 10.0 Å². The van der Waals surface area contributed by atoms with Crippen molar-refractivity contribution in [2.24, 2.45) is 0 Å². The Bertz CT molecular complexity index is 887. The number of nitrogens with zero attached hydrogens (tertiary/aromatic N) is 4. The summed E-state index contributed by atoms with van der Waals surface area (Å²) in [5, 5.41) is 4.14. The molecule has 3 rings (SSSR count). The lowest BCUT2D eigenvalue weighted by molar-refractivity contribution is 0.602. The van der Waals surface area contributed by atoms with Crippen LogP contribution in [-0.2, 0) is 23.0 Å². The van der Waals surface area contributed by atoms with Crippen LogP contribution in [0.1, 0.15) is 17.4 Å². The zero-order chi connectivity index (χ0) is 16.3. The molecule has 3 heterocycles. The zero-order valence-corrected chi connectivity index (χ0v) is 14.0. The molecule has 0 fully saturated rings. The standard InChI is InChI=1S/C14H15N5O2S2/c1-2-12-3-4-13(22-12)23(20,21)18-14-16-10-19(17-14)9-11-5-7-15-8-6-11/h3-8,10H,2,9H2,1H3,(H,17,18). The number of hydrogen-bond donors (Lipinski definition) is 1. The average Bonchev–Trinajstić information content (AvgIpc) is 3.17. The van der Waals surface area contributed by atoms with Crippen LogP contribution in [0.25, 0.3) is 0 Å². The summed E-state index contributed by atoms with van der Waals surface area (Å²) in [6, 6.07) is 7.14. The minimum Gasteiger partial charge on any atom is -0.265 e. The SMILES string of the molecule is CCc1ccc(S(=O)(=O)Nc2ncn(Cc3ccncc3)n2)s1. The van der Waals surface area contributed by atoms with Gasteiger partial charge in [-0.3, -0.25) is 4.98 Å². The molecular weight excluding hydrogens is 334 g/mol. The maximum absolute atomic E-state index is 12.3. The van der Waals surface area contributed by atoms with Crippen LogP contribution < -0.4 is 4.72 Å². The number of nitrogens with one attached hydrogen (secondary N) is 1. The van der Waals surface area contributed by atoms with Gasteiger partial charge in [0, 0.05) is 17.3 Å². The fraction of sp³-hybridized carbons (Fsp3) is 0.214. The highest BCUT2D eigenvalue weighted by Crippen LogP contribution is 2.23. The van der Waals surface area contributed by atoms with E-state index in [4.69, 9.17) is 0 Å². The van der Waals surface area contributed by atoms with Gasteiger partial charge in [0.1, 0.15) is 10.5 Å². The van der Waals surface area contributed by atoms with E-state index in [1.54, 1.807) is 23.1 Å². The van der Waals surface area contributed by atoms with Gasteiger partial charge in [-0.1, -0.05) is 6.92 Å². The predicted octanol–water partition coefficient (Wildman–Crippen LogP) is 2.15. The molecular formula is C14H15N5O2S2. The molecule has 0 unspecified atom stereocenters. The molecule has 0 aliphatic heterocycles. The number of aromatic nitrogens is 4. The van der Waals surface area contributed by atoms with Gasteiger partial charge in [-0.15, -0.1) is 16.4 Å². The van der Waals surface area contributed by atoms with Crippen LogP contribution in [0.4, 0.5) is 5.95 Å². The molecule has 0 amide bonds. The number of hydrogen-bond acceptors (Lipinski definition) is 6. The predicted molar refractivity (Wildman–Crippen MR) is 87.9 cm³/mol. The van der Waals surface area contributed by atoms with E-state index in [2.05, 4.69) is 19.8 Å². The number of rotatable bonds is 6. The second-order valence-corrected chi connectivity index (χ2v) is 7.88. The Morgan fingerprint density at radius 3 is 2.70 bits per heavy atom. The number of sulfonamides is 1. The van der Waals surface area contributed by atoms with E-state index in [0.717, 1.165) is 16.9 Å². The monoisotopic (exact) mass is 349 g/mol. The smallest absolute Gasteiger partial charge is 0.265 e. The van der Waals surface area contributed by atoms with Gasteiger partial charge >= 0.3 is 0 Å². The first-order valence-electron chi connectivity index (χ1n) is 6.96. The van der Waals surface area contributed by atoms with Crippen molar-refractivity contribution in [3.8, 4) is 0 Å². The van der Waals surface area contributed by atoms with Gasteiger partial charge in [-0.2, -0.15) is 4.98 Å². The topological polar surface area (TPSA) is 89.8 Å². The third kappa shape index (κ3) is 3.74. The molecule has 0 atom stereocenters. The molecule has 7 nitrogen and oxygen atoms in total. The molecule has 0 aliphatic carbocycles. The van der Waals surface area contributed by atoms with Crippen LogP contribution in [0.15, 0.2) is 47.2 Å². The third-order valence-corrected chi connectivity index (χ3v) is 6.16. The van der Waals surface area contributed by atoms with E-state index in [9.17, 15) is 8.42 Å². The first-order valence-corrected chi connectivity index (χ1v) is 9.26. The summed E-state index contributed by atoms with van der Waals surface area (Å²) in [6.07, 6.45) is 5.68. The Balaban J connectivity index is 1.73. The van der Waals surface area contributed by atoms with Gasteiger partial charge in [0.15, 0.2) is 0 Å². The van der Waals surface area contributed by atoms with Gasteiger partial charge in [0.2, 0.25) is 0 Å². The quantitative estimate of drug-likeness (QED) is 0.736. The van der Waals surface area contributed by atoms with Crippen molar-refractivity contribution in [3.63, 3.8) is 0 Å². The fourth-order valence-corrected chi connectivity index (χ4v) is 4.20. The van der Waals surface area contributed by atoms with Crippen molar-refractivity contribution in [3.05, 3.63) is 53.4 Å². The second-order valence-electron chi connectivity index (χ2n) is 4.80. The van der Waals surface area contributed by atoms with E-state index >= 15 is 0 Å². The van der Waals surface area contributed by atoms with Crippen LogP contribution in [-0.4, -0.2) is 28.2 Å². The molecule has 120 valence electrons. The van der Waals surface area contributed by atoms with Gasteiger partial charge < -0.3 is 0 Å². The fourth-order valence-electron chi connectivity index (χ4n) is 1.96. The highest BCUT2D eigenvalue weighted by atomic mass is 32.2. The summed E-state index contributed by atoms with van der Waals surface area (Å²) < 4.78 is 28.8. The molecule has 0 saturated heterocycles. The van der Waals surface area contributed by atoms with Crippen LogP contribution in [0.3, 0.4) is 0 Å². The second kappa shape index (κ2) is 6.47. The third-order valence-electron chi connectivity index (χ3n) is 3.11. The number of aryl methyl sites for hydroxylation is 1. The maximum atomic E-state index is 12.3. The minimum absolute atomic E-state index is 0.0607. The van der Waals surface area contributed by atoms with Crippen LogP contribution in [0.2, 0.25) is 0 Å².